The third-order valence-electron chi connectivity index (χ3n) is 3.03. The predicted octanol–water partition coefficient (Wildman–Crippen LogP) is 2.57. The van der Waals surface area contributed by atoms with Crippen LogP contribution in [0.1, 0.15) is 5.56 Å². The van der Waals surface area contributed by atoms with Crippen molar-refractivity contribution in [3.63, 3.8) is 0 Å². The predicted molar refractivity (Wildman–Crippen MR) is 94.7 cm³/mol. The standard InChI is InChI=1S/C15H16ClN3O5S/c1-22-10-6-12(23-2)11(13(7-10)24-3)4-5-25(20,21)19-15-9-17-14(16)8-18-15/h4-9H,1-3H3,(H,18,19)/b5-4+. The fourth-order valence-corrected chi connectivity index (χ4v) is 2.78. The molecule has 0 radical (unpaired) electrons. The SMILES string of the molecule is COc1cc(OC)c(/C=C/S(=O)(=O)Nc2cnc(Cl)cn2)c(OC)c1. The first-order valence-electron chi connectivity index (χ1n) is 6.87. The molecule has 1 aromatic heterocycles. The van der Waals surface area contributed by atoms with Crippen LogP contribution in [-0.4, -0.2) is 39.7 Å². The van der Waals surface area contributed by atoms with Gasteiger partial charge in [-0.05, 0) is 6.08 Å². The number of halogens is 1. The Morgan fingerprint density at radius 2 is 1.68 bits per heavy atom. The molecule has 1 N–H and O–H groups in total. The lowest BCUT2D eigenvalue weighted by Crippen LogP contribution is -2.10. The van der Waals surface area contributed by atoms with Crippen molar-refractivity contribution < 1.29 is 22.6 Å². The third-order valence-corrected chi connectivity index (χ3v) is 4.22. The summed E-state index contributed by atoms with van der Waals surface area (Å²) in [7, 11) is 0.595. The maximum Gasteiger partial charge on any atom is 0.256 e. The number of methoxy groups -OCH3 is 3. The van der Waals surface area contributed by atoms with Crippen LogP contribution in [0.2, 0.25) is 5.15 Å². The average molecular weight is 386 g/mol. The smallest absolute Gasteiger partial charge is 0.256 e. The summed E-state index contributed by atoms with van der Waals surface area (Å²) >= 11 is 5.61. The number of sulfonamides is 1. The van der Waals surface area contributed by atoms with Crippen LogP contribution >= 0.6 is 11.6 Å². The summed E-state index contributed by atoms with van der Waals surface area (Å²) < 4.78 is 42.3. The van der Waals surface area contributed by atoms with Crippen molar-refractivity contribution in [2.75, 3.05) is 26.1 Å². The van der Waals surface area contributed by atoms with Gasteiger partial charge in [0.15, 0.2) is 5.82 Å². The van der Waals surface area contributed by atoms with Crippen LogP contribution in [0.25, 0.3) is 6.08 Å². The summed E-state index contributed by atoms with van der Waals surface area (Å²) in [6.45, 7) is 0. The molecular formula is C15H16ClN3O5S. The second-order valence-electron chi connectivity index (χ2n) is 4.62. The highest BCUT2D eigenvalue weighted by Gasteiger charge is 2.13. The minimum absolute atomic E-state index is 0.0442. The number of aromatic nitrogens is 2. The maximum atomic E-state index is 12.2. The van der Waals surface area contributed by atoms with Gasteiger partial charge in [-0.15, -0.1) is 0 Å². The molecule has 1 heterocycles. The van der Waals surface area contributed by atoms with E-state index in [1.807, 2.05) is 0 Å². The molecule has 8 nitrogen and oxygen atoms in total. The van der Waals surface area contributed by atoms with E-state index in [0.717, 1.165) is 5.41 Å². The van der Waals surface area contributed by atoms with E-state index in [0.29, 0.717) is 22.8 Å². The van der Waals surface area contributed by atoms with E-state index >= 15 is 0 Å². The zero-order chi connectivity index (χ0) is 18.4. The minimum atomic E-state index is -3.83. The minimum Gasteiger partial charge on any atom is -0.496 e. The van der Waals surface area contributed by atoms with Crippen LogP contribution in [0.4, 0.5) is 5.82 Å². The number of ether oxygens (including phenoxy) is 3. The molecule has 1 aromatic carbocycles. The molecule has 2 aromatic rings. The Kier molecular flexibility index (Phi) is 6.05. The molecule has 25 heavy (non-hydrogen) atoms. The second kappa shape index (κ2) is 8.04. The van der Waals surface area contributed by atoms with E-state index in [1.165, 1.54) is 39.8 Å². The fourth-order valence-electron chi connectivity index (χ4n) is 1.90. The molecule has 0 aliphatic carbocycles. The van der Waals surface area contributed by atoms with Gasteiger partial charge in [0.25, 0.3) is 10.0 Å². The number of anilines is 1. The zero-order valence-corrected chi connectivity index (χ0v) is 15.3. The highest BCUT2D eigenvalue weighted by molar-refractivity contribution is 7.95. The van der Waals surface area contributed by atoms with E-state index in [-0.39, 0.29) is 11.0 Å². The number of rotatable bonds is 7. The van der Waals surface area contributed by atoms with Crippen LogP contribution in [0, 0.1) is 0 Å². The van der Waals surface area contributed by atoms with Gasteiger partial charge in [-0.2, -0.15) is 0 Å². The molecule has 134 valence electrons. The Labute approximate surface area is 150 Å². The molecule has 0 atom stereocenters. The maximum absolute atomic E-state index is 12.2. The average Bonchev–Trinajstić information content (AvgIpc) is 2.61. The molecule has 2 rings (SSSR count). The molecule has 0 bridgehead atoms. The highest BCUT2D eigenvalue weighted by atomic mass is 35.5. The first-order chi connectivity index (χ1) is 11.9. The zero-order valence-electron chi connectivity index (χ0n) is 13.7. The molecule has 0 unspecified atom stereocenters. The van der Waals surface area contributed by atoms with Gasteiger partial charge in [-0.3, -0.25) is 4.72 Å². The summed E-state index contributed by atoms with van der Waals surface area (Å²) in [5, 5.41) is 1.13. The van der Waals surface area contributed by atoms with Crippen LogP contribution in [0.15, 0.2) is 29.9 Å². The van der Waals surface area contributed by atoms with Gasteiger partial charge in [0, 0.05) is 12.1 Å². The summed E-state index contributed by atoms with van der Waals surface area (Å²) in [5.41, 5.74) is 0.443. The molecular weight excluding hydrogens is 370 g/mol. The van der Waals surface area contributed by atoms with Crippen molar-refractivity contribution >= 4 is 33.5 Å². The van der Waals surface area contributed by atoms with Gasteiger partial charge in [0.05, 0.1) is 44.7 Å². The first-order valence-corrected chi connectivity index (χ1v) is 8.79. The Morgan fingerprint density at radius 3 is 2.16 bits per heavy atom. The quantitative estimate of drug-likeness (QED) is 0.781. The molecule has 0 aliphatic heterocycles. The van der Waals surface area contributed by atoms with Crippen molar-refractivity contribution in [2.45, 2.75) is 0 Å². The number of hydrogen-bond donors (Lipinski definition) is 1. The summed E-state index contributed by atoms with van der Waals surface area (Å²) in [5.74, 6) is 1.36. The monoisotopic (exact) mass is 385 g/mol. The lowest BCUT2D eigenvalue weighted by Gasteiger charge is -2.12. The van der Waals surface area contributed by atoms with Gasteiger partial charge in [-0.1, -0.05) is 11.6 Å². The van der Waals surface area contributed by atoms with Crippen LogP contribution in [0.5, 0.6) is 17.2 Å². The van der Waals surface area contributed by atoms with Crippen LogP contribution in [0.3, 0.4) is 0 Å². The Morgan fingerprint density at radius 1 is 1.04 bits per heavy atom. The third kappa shape index (κ3) is 4.97. The summed E-state index contributed by atoms with van der Waals surface area (Å²) in [4.78, 5) is 7.58. The molecule has 0 fully saturated rings. The van der Waals surface area contributed by atoms with E-state index in [1.54, 1.807) is 12.1 Å². The topological polar surface area (TPSA) is 99.6 Å². The van der Waals surface area contributed by atoms with Crippen molar-refractivity contribution in [2.24, 2.45) is 0 Å². The molecule has 10 heteroatoms. The lowest BCUT2D eigenvalue weighted by atomic mass is 10.1. The largest absolute Gasteiger partial charge is 0.496 e. The Balaban J connectivity index is 2.32. The lowest BCUT2D eigenvalue weighted by molar-refractivity contribution is 0.374. The van der Waals surface area contributed by atoms with E-state index in [2.05, 4.69) is 14.7 Å². The molecule has 0 amide bonds. The van der Waals surface area contributed by atoms with Crippen molar-refractivity contribution in [3.8, 4) is 17.2 Å². The van der Waals surface area contributed by atoms with Gasteiger partial charge < -0.3 is 14.2 Å². The molecule has 0 spiro atoms. The number of nitrogens with one attached hydrogen (secondary N) is 1. The number of hydrogen-bond acceptors (Lipinski definition) is 7. The Hall–Kier alpha value is -2.52. The van der Waals surface area contributed by atoms with Gasteiger partial charge in [0.1, 0.15) is 22.4 Å². The summed E-state index contributed by atoms with van der Waals surface area (Å²) in [6.07, 6.45) is 3.80. The Bertz CT molecular complexity index is 844. The normalized spacial score (nSPS) is 11.4. The van der Waals surface area contributed by atoms with Gasteiger partial charge >= 0.3 is 0 Å². The van der Waals surface area contributed by atoms with E-state index < -0.39 is 10.0 Å². The summed E-state index contributed by atoms with van der Waals surface area (Å²) in [6, 6.07) is 3.24. The van der Waals surface area contributed by atoms with Gasteiger partial charge in [-0.25, -0.2) is 18.4 Å². The van der Waals surface area contributed by atoms with Crippen molar-refractivity contribution in [3.05, 3.63) is 40.7 Å². The number of nitrogens with zero attached hydrogens (tertiary/aromatic N) is 2. The molecule has 0 aliphatic rings. The highest BCUT2D eigenvalue weighted by Crippen LogP contribution is 2.35. The van der Waals surface area contributed by atoms with Gasteiger partial charge in [0.2, 0.25) is 0 Å². The number of benzene rings is 1. The second-order valence-corrected chi connectivity index (χ2v) is 6.57. The molecule has 0 saturated carbocycles. The van der Waals surface area contributed by atoms with Crippen molar-refractivity contribution in [1.29, 1.82) is 0 Å². The van der Waals surface area contributed by atoms with E-state index in [4.69, 9.17) is 25.8 Å². The molecule has 0 saturated heterocycles. The van der Waals surface area contributed by atoms with Crippen LogP contribution in [-0.2, 0) is 10.0 Å². The first kappa shape index (κ1) is 18.8. The van der Waals surface area contributed by atoms with Crippen LogP contribution < -0.4 is 18.9 Å². The fraction of sp³-hybridized carbons (Fsp3) is 0.200. The van der Waals surface area contributed by atoms with E-state index in [9.17, 15) is 8.42 Å². The van der Waals surface area contributed by atoms with Crippen molar-refractivity contribution in [1.82, 2.24) is 9.97 Å².